The first-order valence-electron chi connectivity index (χ1n) is 8.78. The summed E-state index contributed by atoms with van der Waals surface area (Å²) in [5.41, 5.74) is 0.523. The number of benzene rings is 1. The van der Waals surface area contributed by atoms with E-state index in [1.165, 1.54) is 0 Å². The fourth-order valence-corrected chi connectivity index (χ4v) is 4.72. The van der Waals surface area contributed by atoms with Crippen molar-refractivity contribution >= 4 is 0 Å². The number of fused-ring (bicyclic) bond motifs is 1. The highest BCUT2D eigenvalue weighted by Gasteiger charge is 2.40. The molecule has 0 bridgehead atoms. The summed E-state index contributed by atoms with van der Waals surface area (Å²) in [6.45, 7) is 2.09. The Kier molecular flexibility index (Phi) is 4.98. The summed E-state index contributed by atoms with van der Waals surface area (Å²) in [5.74, 6) is -2.76. The first-order chi connectivity index (χ1) is 11.0. The molecule has 0 aromatic heterocycles. The largest absolute Gasteiger partial charge is 0.247 e. The second-order valence-electron chi connectivity index (χ2n) is 7.36. The summed E-state index contributed by atoms with van der Waals surface area (Å²) in [6, 6.07) is 2.22. The van der Waals surface area contributed by atoms with Gasteiger partial charge in [-0.1, -0.05) is 13.3 Å². The number of halogens is 4. The zero-order chi connectivity index (χ0) is 16.6. The third-order valence-corrected chi connectivity index (χ3v) is 5.93. The summed E-state index contributed by atoms with van der Waals surface area (Å²) in [4.78, 5) is 0. The monoisotopic (exact) mass is 328 g/mol. The molecule has 0 saturated heterocycles. The molecule has 3 rings (SSSR count). The van der Waals surface area contributed by atoms with Gasteiger partial charge in [-0.15, -0.1) is 0 Å². The first kappa shape index (κ1) is 16.8. The lowest BCUT2D eigenvalue weighted by Crippen LogP contribution is -2.16. The molecule has 5 atom stereocenters. The van der Waals surface area contributed by atoms with Crippen molar-refractivity contribution in [2.45, 2.75) is 64.0 Å². The summed E-state index contributed by atoms with van der Waals surface area (Å²) in [5, 5.41) is 0. The predicted octanol–water partition coefficient (Wildman–Crippen LogP) is 6.15. The Hall–Kier alpha value is -1.06. The van der Waals surface area contributed by atoms with Crippen molar-refractivity contribution < 1.29 is 17.6 Å². The van der Waals surface area contributed by atoms with E-state index in [9.17, 15) is 17.6 Å². The van der Waals surface area contributed by atoms with E-state index in [0.29, 0.717) is 17.9 Å². The maximum Gasteiger partial charge on any atom is 0.194 e. The van der Waals surface area contributed by atoms with Crippen LogP contribution >= 0.6 is 0 Å². The first-order valence-corrected chi connectivity index (χ1v) is 8.78. The van der Waals surface area contributed by atoms with E-state index < -0.39 is 23.6 Å². The van der Waals surface area contributed by atoms with E-state index in [0.717, 1.165) is 50.7 Å². The van der Waals surface area contributed by atoms with Crippen LogP contribution in [0.15, 0.2) is 12.1 Å². The fraction of sp³-hybridized carbons (Fsp3) is 0.684. The van der Waals surface area contributed by atoms with Gasteiger partial charge in [-0.3, -0.25) is 0 Å². The normalized spacial score (nSPS) is 34.2. The van der Waals surface area contributed by atoms with Crippen LogP contribution in [0.4, 0.5) is 17.6 Å². The van der Waals surface area contributed by atoms with Crippen LogP contribution in [-0.2, 0) is 0 Å². The van der Waals surface area contributed by atoms with Crippen LogP contribution in [0.25, 0.3) is 0 Å². The predicted molar refractivity (Wildman–Crippen MR) is 82.4 cm³/mol. The van der Waals surface area contributed by atoms with Crippen LogP contribution < -0.4 is 0 Å². The minimum Gasteiger partial charge on any atom is -0.247 e. The van der Waals surface area contributed by atoms with Crippen molar-refractivity contribution in [1.29, 1.82) is 0 Å². The van der Waals surface area contributed by atoms with Crippen LogP contribution in [-0.4, -0.2) is 6.17 Å². The van der Waals surface area contributed by atoms with Gasteiger partial charge in [0.2, 0.25) is 0 Å². The Bertz CT molecular complexity index is 533. The summed E-state index contributed by atoms with van der Waals surface area (Å²) >= 11 is 0. The standard InChI is InChI=1S/C19H24F4/c1-2-3-11-4-5-12-6-13(7-14(12)8-16(11)20)15-9-17(21)19(23)18(22)10-15/h9-14,16H,2-8H2,1H3. The smallest absolute Gasteiger partial charge is 0.194 e. The van der Waals surface area contributed by atoms with E-state index in [4.69, 9.17) is 0 Å². The molecular weight excluding hydrogens is 304 g/mol. The molecule has 0 heterocycles. The van der Waals surface area contributed by atoms with Crippen molar-refractivity contribution in [1.82, 2.24) is 0 Å². The van der Waals surface area contributed by atoms with Crippen LogP contribution in [0.3, 0.4) is 0 Å². The van der Waals surface area contributed by atoms with Gasteiger partial charge in [-0.25, -0.2) is 17.6 Å². The molecule has 128 valence electrons. The van der Waals surface area contributed by atoms with Gasteiger partial charge in [0.05, 0.1) is 0 Å². The lowest BCUT2D eigenvalue weighted by Gasteiger charge is -2.19. The van der Waals surface area contributed by atoms with Gasteiger partial charge in [0, 0.05) is 0 Å². The number of hydrogen-bond acceptors (Lipinski definition) is 0. The van der Waals surface area contributed by atoms with Crippen molar-refractivity contribution in [2.75, 3.05) is 0 Å². The second-order valence-corrected chi connectivity index (χ2v) is 7.36. The molecule has 2 saturated carbocycles. The summed E-state index contributed by atoms with van der Waals surface area (Å²) in [7, 11) is 0. The Morgan fingerprint density at radius 3 is 2.26 bits per heavy atom. The molecule has 0 spiro atoms. The third kappa shape index (κ3) is 3.41. The maximum atomic E-state index is 14.5. The van der Waals surface area contributed by atoms with Crippen LogP contribution in [0.5, 0.6) is 0 Å². The highest BCUT2D eigenvalue weighted by Crippen LogP contribution is 2.50. The number of hydrogen-bond donors (Lipinski definition) is 0. The molecule has 4 heteroatoms. The van der Waals surface area contributed by atoms with Gasteiger partial charge >= 0.3 is 0 Å². The average Bonchev–Trinajstić information content (AvgIpc) is 2.85. The Morgan fingerprint density at radius 1 is 0.957 bits per heavy atom. The van der Waals surface area contributed by atoms with E-state index in [1.54, 1.807) is 0 Å². The van der Waals surface area contributed by atoms with Gasteiger partial charge < -0.3 is 0 Å². The van der Waals surface area contributed by atoms with E-state index in [-0.39, 0.29) is 17.8 Å². The SMILES string of the molecule is CCCC1CCC2CC(c3cc(F)c(F)c(F)c3)CC2CC1F. The van der Waals surface area contributed by atoms with E-state index in [2.05, 4.69) is 6.92 Å². The van der Waals surface area contributed by atoms with E-state index >= 15 is 0 Å². The molecule has 23 heavy (non-hydrogen) atoms. The summed E-state index contributed by atoms with van der Waals surface area (Å²) < 4.78 is 54.5. The minimum absolute atomic E-state index is 0.0181. The lowest BCUT2D eigenvalue weighted by atomic mass is 9.89. The van der Waals surface area contributed by atoms with Gasteiger partial charge in [-0.05, 0) is 79.9 Å². The Balaban J connectivity index is 1.72. The lowest BCUT2D eigenvalue weighted by molar-refractivity contribution is 0.185. The van der Waals surface area contributed by atoms with Crippen LogP contribution in [0.1, 0.15) is 63.4 Å². The molecule has 0 aliphatic heterocycles. The molecule has 2 aliphatic rings. The third-order valence-electron chi connectivity index (χ3n) is 5.93. The quantitative estimate of drug-likeness (QED) is 0.461. The Labute approximate surface area is 135 Å². The van der Waals surface area contributed by atoms with Crippen molar-refractivity contribution in [3.63, 3.8) is 0 Å². The molecule has 0 amide bonds. The van der Waals surface area contributed by atoms with E-state index in [1.807, 2.05) is 0 Å². The zero-order valence-corrected chi connectivity index (χ0v) is 13.5. The molecule has 2 aliphatic carbocycles. The molecule has 0 radical (unpaired) electrons. The minimum atomic E-state index is -1.41. The van der Waals surface area contributed by atoms with Crippen molar-refractivity contribution in [3.8, 4) is 0 Å². The molecule has 5 unspecified atom stereocenters. The molecule has 0 nitrogen and oxygen atoms in total. The highest BCUT2D eigenvalue weighted by atomic mass is 19.2. The molecule has 2 fully saturated rings. The van der Waals surface area contributed by atoms with Crippen LogP contribution in [0, 0.1) is 35.2 Å². The topological polar surface area (TPSA) is 0 Å². The maximum absolute atomic E-state index is 14.5. The van der Waals surface area contributed by atoms with Gasteiger partial charge in [0.1, 0.15) is 6.17 Å². The number of alkyl halides is 1. The average molecular weight is 328 g/mol. The second kappa shape index (κ2) is 6.82. The Morgan fingerprint density at radius 2 is 1.61 bits per heavy atom. The molecule has 0 N–H and O–H groups in total. The highest BCUT2D eigenvalue weighted by molar-refractivity contribution is 5.24. The number of rotatable bonds is 3. The molecule has 1 aromatic carbocycles. The van der Waals surface area contributed by atoms with Crippen molar-refractivity contribution in [2.24, 2.45) is 17.8 Å². The van der Waals surface area contributed by atoms with Gasteiger partial charge in [0.25, 0.3) is 0 Å². The van der Waals surface area contributed by atoms with Gasteiger partial charge in [-0.2, -0.15) is 0 Å². The molecular formula is C19H24F4. The van der Waals surface area contributed by atoms with Crippen molar-refractivity contribution in [3.05, 3.63) is 35.1 Å². The van der Waals surface area contributed by atoms with Gasteiger partial charge in [0.15, 0.2) is 17.5 Å². The zero-order valence-electron chi connectivity index (χ0n) is 13.5. The molecule has 1 aromatic rings. The fourth-order valence-electron chi connectivity index (χ4n) is 4.72. The van der Waals surface area contributed by atoms with Crippen LogP contribution in [0.2, 0.25) is 0 Å². The summed E-state index contributed by atoms with van der Waals surface area (Å²) in [6.07, 6.45) is 5.27.